The van der Waals surface area contributed by atoms with Gasteiger partial charge in [0, 0.05) is 44.7 Å². The minimum Gasteiger partial charge on any atom is -0.368 e. The molecule has 2 aliphatic rings. The number of hydrogen-bond acceptors (Lipinski definition) is 5. The summed E-state index contributed by atoms with van der Waals surface area (Å²) in [5, 5.41) is 13.2. The predicted molar refractivity (Wildman–Crippen MR) is 96.6 cm³/mol. The van der Waals surface area contributed by atoms with Crippen LogP contribution < -0.4 is 4.90 Å². The molecule has 1 aliphatic heterocycles. The van der Waals surface area contributed by atoms with Gasteiger partial charge in [-0.25, -0.2) is 4.39 Å². The maximum Gasteiger partial charge on any atom is 0.179 e. The Bertz CT molecular complexity index is 909. The highest BCUT2D eigenvalue weighted by Crippen LogP contribution is 2.38. The van der Waals surface area contributed by atoms with Crippen LogP contribution in [0.5, 0.6) is 0 Å². The predicted octanol–water partition coefficient (Wildman–Crippen LogP) is 2.46. The van der Waals surface area contributed by atoms with Crippen LogP contribution in [0.1, 0.15) is 30.1 Å². The summed E-state index contributed by atoms with van der Waals surface area (Å²) in [6.45, 7) is 4.71. The van der Waals surface area contributed by atoms with Crippen molar-refractivity contribution < 1.29 is 4.39 Å². The molecule has 0 amide bonds. The zero-order valence-electron chi connectivity index (χ0n) is 14.6. The molecule has 3 heterocycles. The molecule has 0 spiro atoms. The van der Waals surface area contributed by atoms with Crippen molar-refractivity contribution in [3.8, 4) is 0 Å². The topological polar surface area (TPSA) is 49.6 Å². The lowest BCUT2D eigenvalue weighted by molar-refractivity contribution is 0.249. The van der Waals surface area contributed by atoms with E-state index in [2.05, 4.69) is 31.2 Å². The molecule has 0 unspecified atom stereocenters. The van der Waals surface area contributed by atoms with Gasteiger partial charge in [0.05, 0.1) is 11.9 Å². The molecule has 0 bridgehead atoms. The normalized spacial score (nSPS) is 18.6. The van der Waals surface area contributed by atoms with Gasteiger partial charge >= 0.3 is 0 Å². The average Bonchev–Trinajstić information content (AvgIpc) is 3.43. The third-order valence-electron chi connectivity index (χ3n) is 5.27. The molecule has 2 fully saturated rings. The van der Waals surface area contributed by atoms with Gasteiger partial charge in [-0.2, -0.15) is 9.61 Å². The van der Waals surface area contributed by atoms with Crippen molar-refractivity contribution in [1.82, 2.24) is 24.7 Å². The van der Waals surface area contributed by atoms with Crippen molar-refractivity contribution in [3.63, 3.8) is 0 Å². The van der Waals surface area contributed by atoms with Crippen molar-refractivity contribution in [2.75, 3.05) is 31.1 Å². The fourth-order valence-electron chi connectivity index (χ4n) is 3.58. The highest BCUT2D eigenvalue weighted by molar-refractivity contribution is 5.54. The van der Waals surface area contributed by atoms with Crippen LogP contribution in [-0.2, 0) is 6.54 Å². The van der Waals surface area contributed by atoms with E-state index in [1.54, 1.807) is 0 Å². The first kappa shape index (κ1) is 15.7. The molecule has 2 aromatic heterocycles. The fourth-order valence-corrected chi connectivity index (χ4v) is 3.58. The third kappa shape index (κ3) is 3.03. The molecule has 6 nitrogen and oxygen atoms in total. The van der Waals surface area contributed by atoms with Crippen LogP contribution in [-0.4, -0.2) is 50.9 Å². The van der Waals surface area contributed by atoms with Crippen LogP contribution in [0.3, 0.4) is 0 Å². The number of benzene rings is 1. The van der Waals surface area contributed by atoms with E-state index < -0.39 is 0 Å². The van der Waals surface area contributed by atoms with Gasteiger partial charge < -0.3 is 4.90 Å². The number of fused-ring (bicyclic) bond motifs is 1. The number of hydrogen-bond donors (Lipinski definition) is 0. The van der Waals surface area contributed by atoms with Crippen molar-refractivity contribution >= 4 is 11.3 Å². The summed E-state index contributed by atoms with van der Waals surface area (Å²) in [6.07, 6.45) is 4.32. The molecule has 134 valence electrons. The smallest absolute Gasteiger partial charge is 0.179 e. The van der Waals surface area contributed by atoms with Gasteiger partial charge in [0.2, 0.25) is 0 Å². The van der Waals surface area contributed by atoms with Crippen LogP contribution >= 0.6 is 0 Å². The van der Waals surface area contributed by atoms with Gasteiger partial charge in [-0.05, 0) is 30.5 Å². The fraction of sp³-hybridized carbons (Fsp3) is 0.421. The van der Waals surface area contributed by atoms with E-state index >= 15 is 0 Å². The van der Waals surface area contributed by atoms with Crippen molar-refractivity contribution in [2.45, 2.75) is 25.3 Å². The molecular weight excluding hydrogens is 331 g/mol. The molecular formula is C19H21FN6. The van der Waals surface area contributed by atoms with E-state index in [0.717, 1.165) is 55.4 Å². The molecule has 0 radical (unpaired) electrons. The highest BCUT2D eigenvalue weighted by Gasteiger charge is 2.29. The summed E-state index contributed by atoms with van der Waals surface area (Å²) in [5.74, 6) is 1.36. The van der Waals surface area contributed by atoms with Crippen LogP contribution in [0.25, 0.3) is 5.65 Å². The molecule has 7 heteroatoms. The zero-order valence-corrected chi connectivity index (χ0v) is 14.6. The number of aromatic nitrogens is 4. The lowest BCUT2D eigenvalue weighted by atomic mass is 10.2. The summed E-state index contributed by atoms with van der Waals surface area (Å²) in [5.41, 5.74) is 3.09. The van der Waals surface area contributed by atoms with E-state index in [1.165, 1.54) is 25.0 Å². The zero-order chi connectivity index (χ0) is 17.5. The monoisotopic (exact) mass is 352 g/mol. The molecule has 0 N–H and O–H groups in total. The van der Waals surface area contributed by atoms with Gasteiger partial charge in [0.1, 0.15) is 5.82 Å². The van der Waals surface area contributed by atoms with Crippen LogP contribution in [0, 0.1) is 5.82 Å². The first-order valence-electron chi connectivity index (χ1n) is 9.19. The molecule has 1 saturated carbocycles. The molecule has 1 saturated heterocycles. The Labute approximate surface area is 151 Å². The number of nitrogens with zero attached hydrogens (tertiary/aromatic N) is 6. The van der Waals surface area contributed by atoms with E-state index in [1.807, 2.05) is 22.8 Å². The van der Waals surface area contributed by atoms with Crippen molar-refractivity contribution in [3.05, 3.63) is 53.7 Å². The average molecular weight is 352 g/mol. The van der Waals surface area contributed by atoms with Crippen LogP contribution in [0.15, 0.2) is 36.5 Å². The Hall–Kier alpha value is -2.54. The second-order valence-corrected chi connectivity index (χ2v) is 7.21. The van der Waals surface area contributed by atoms with Crippen LogP contribution in [0.2, 0.25) is 0 Å². The maximum absolute atomic E-state index is 13.0. The first-order chi connectivity index (χ1) is 12.8. The molecule has 26 heavy (non-hydrogen) atoms. The Morgan fingerprint density at radius 3 is 2.50 bits per heavy atom. The number of rotatable bonds is 4. The summed E-state index contributed by atoms with van der Waals surface area (Å²) in [7, 11) is 0. The molecule has 1 aromatic carbocycles. The minimum absolute atomic E-state index is 0.181. The molecule has 0 atom stereocenters. The SMILES string of the molecule is Fc1ccc(CN2CCN(c3cnn4c(C5CC5)nnc4c3)CC2)cc1. The van der Waals surface area contributed by atoms with E-state index in [-0.39, 0.29) is 5.82 Å². The molecule has 1 aliphatic carbocycles. The van der Waals surface area contributed by atoms with Crippen molar-refractivity contribution in [2.24, 2.45) is 0 Å². The maximum atomic E-state index is 13.0. The lowest BCUT2D eigenvalue weighted by Crippen LogP contribution is -2.46. The lowest BCUT2D eigenvalue weighted by Gasteiger charge is -2.35. The second-order valence-electron chi connectivity index (χ2n) is 7.21. The number of anilines is 1. The molecule has 3 aromatic rings. The van der Waals surface area contributed by atoms with Gasteiger partial charge in [0.15, 0.2) is 11.5 Å². The summed E-state index contributed by atoms with van der Waals surface area (Å²) in [4.78, 5) is 4.75. The van der Waals surface area contributed by atoms with E-state index in [0.29, 0.717) is 5.92 Å². The second kappa shape index (κ2) is 6.32. The van der Waals surface area contributed by atoms with Gasteiger partial charge in [-0.15, -0.1) is 10.2 Å². The minimum atomic E-state index is -0.181. The first-order valence-corrected chi connectivity index (χ1v) is 9.19. The Morgan fingerprint density at radius 2 is 1.77 bits per heavy atom. The summed E-state index contributed by atoms with van der Waals surface area (Å²) in [6, 6.07) is 8.87. The quantitative estimate of drug-likeness (QED) is 0.722. The largest absolute Gasteiger partial charge is 0.368 e. The third-order valence-corrected chi connectivity index (χ3v) is 5.27. The van der Waals surface area contributed by atoms with E-state index in [9.17, 15) is 4.39 Å². The number of piperazine rings is 1. The number of halogens is 1. The Kier molecular flexibility index (Phi) is 3.81. The van der Waals surface area contributed by atoms with Crippen molar-refractivity contribution in [1.29, 1.82) is 0 Å². The standard InChI is InChI=1S/C19H21FN6/c20-16-5-1-14(2-6-16)13-24-7-9-25(10-8-24)17-11-18-22-23-19(15-3-4-15)26(18)21-12-17/h1-2,5-6,11-12,15H,3-4,7-10,13H2. The summed E-state index contributed by atoms with van der Waals surface area (Å²) >= 11 is 0. The van der Waals surface area contributed by atoms with E-state index in [4.69, 9.17) is 0 Å². The van der Waals surface area contributed by atoms with Gasteiger partial charge in [0.25, 0.3) is 0 Å². The highest BCUT2D eigenvalue weighted by atomic mass is 19.1. The Morgan fingerprint density at radius 1 is 1.00 bits per heavy atom. The molecule has 5 rings (SSSR count). The van der Waals surface area contributed by atoms with Gasteiger partial charge in [-0.3, -0.25) is 4.90 Å². The van der Waals surface area contributed by atoms with Gasteiger partial charge in [-0.1, -0.05) is 12.1 Å². The Balaban J connectivity index is 1.25. The summed E-state index contributed by atoms with van der Waals surface area (Å²) < 4.78 is 14.9. The van der Waals surface area contributed by atoms with Crippen LogP contribution in [0.4, 0.5) is 10.1 Å².